The van der Waals surface area contributed by atoms with Gasteiger partial charge in [0.05, 0.1) is 12.7 Å². The maximum Gasteiger partial charge on any atom is 0.324 e. The lowest BCUT2D eigenvalue weighted by molar-refractivity contribution is -0.148. The second-order valence-corrected chi connectivity index (χ2v) is 7.69. The van der Waals surface area contributed by atoms with Crippen LogP contribution >= 0.6 is 0 Å². The van der Waals surface area contributed by atoms with E-state index in [0.717, 1.165) is 36.8 Å². The van der Waals surface area contributed by atoms with Crippen molar-refractivity contribution < 1.29 is 14.3 Å². The van der Waals surface area contributed by atoms with E-state index < -0.39 is 17.8 Å². The molecule has 0 heterocycles. The maximum absolute atomic E-state index is 12.9. The number of carbonyl (C=O) groups excluding carboxylic acids is 2. The van der Waals surface area contributed by atoms with E-state index in [2.05, 4.69) is 19.9 Å². The van der Waals surface area contributed by atoms with Gasteiger partial charge in [0, 0.05) is 17.1 Å². The Morgan fingerprint density at radius 2 is 2.07 bits per heavy atom. The minimum atomic E-state index is -0.950. The molecule has 0 saturated heterocycles. The normalized spacial score (nSPS) is 19.2. The molecule has 1 aromatic rings. The summed E-state index contributed by atoms with van der Waals surface area (Å²) in [7, 11) is 0. The van der Waals surface area contributed by atoms with E-state index in [1.807, 2.05) is 36.4 Å². The lowest BCUT2D eigenvalue weighted by Gasteiger charge is -2.24. The van der Waals surface area contributed by atoms with Gasteiger partial charge in [-0.05, 0) is 29.6 Å². The largest absolute Gasteiger partial charge is 0.464 e. The van der Waals surface area contributed by atoms with E-state index >= 15 is 0 Å². The average Bonchev–Trinajstić information content (AvgIpc) is 2.75. The van der Waals surface area contributed by atoms with Crippen LogP contribution in [0.25, 0.3) is 6.08 Å². The fourth-order valence-corrected chi connectivity index (χ4v) is 3.81. The molecule has 0 aromatic heterocycles. The first kappa shape index (κ1) is 20.8. The SMILES string of the molecule is CCCCC(CC)COC(=O)C(C#N)C1C=CC2=Cc3ccccc3C(=O)C2=C1. The molecule has 0 spiro atoms. The van der Waals surface area contributed by atoms with Gasteiger partial charge in [0.25, 0.3) is 0 Å². The number of benzene rings is 1. The molecule has 0 fully saturated rings. The molecule has 3 rings (SSSR count). The fraction of sp³-hybridized carbons (Fsp3) is 0.400. The molecular formula is C25H27NO3. The van der Waals surface area contributed by atoms with Crippen molar-refractivity contribution in [2.24, 2.45) is 17.8 Å². The molecule has 0 N–H and O–H groups in total. The van der Waals surface area contributed by atoms with E-state index in [0.29, 0.717) is 23.7 Å². The molecule has 4 heteroatoms. The van der Waals surface area contributed by atoms with Gasteiger partial charge in [-0.3, -0.25) is 9.59 Å². The summed E-state index contributed by atoms with van der Waals surface area (Å²) >= 11 is 0. The third kappa shape index (κ3) is 4.56. The van der Waals surface area contributed by atoms with E-state index in [9.17, 15) is 14.9 Å². The van der Waals surface area contributed by atoms with E-state index in [-0.39, 0.29) is 5.78 Å². The maximum atomic E-state index is 12.9. The van der Waals surface area contributed by atoms with Crippen LogP contribution in [0.4, 0.5) is 0 Å². The van der Waals surface area contributed by atoms with Gasteiger partial charge in [0.1, 0.15) is 0 Å². The highest BCUT2D eigenvalue weighted by Gasteiger charge is 2.32. The summed E-state index contributed by atoms with van der Waals surface area (Å²) in [4.78, 5) is 25.5. The van der Waals surface area contributed by atoms with Crippen molar-refractivity contribution in [2.75, 3.05) is 6.61 Å². The first-order valence-electron chi connectivity index (χ1n) is 10.4. The molecule has 4 nitrogen and oxygen atoms in total. The Labute approximate surface area is 172 Å². The summed E-state index contributed by atoms with van der Waals surface area (Å²) in [5.41, 5.74) is 2.91. The molecule has 29 heavy (non-hydrogen) atoms. The Morgan fingerprint density at radius 3 is 2.79 bits per heavy atom. The number of nitrogens with zero attached hydrogens (tertiary/aromatic N) is 1. The van der Waals surface area contributed by atoms with Gasteiger partial charge in [-0.25, -0.2) is 0 Å². The highest BCUT2D eigenvalue weighted by molar-refractivity contribution is 6.17. The number of ether oxygens (including phenoxy) is 1. The Kier molecular flexibility index (Phi) is 6.82. The van der Waals surface area contributed by atoms with Crippen LogP contribution in [0.5, 0.6) is 0 Å². The summed E-state index contributed by atoms with van der Waals surface area (Å²) in [5.74, 6) is -1.67. The van der Waals surface area contributed by atoms with Gasteiger partial charge >= 0.3 is 5.97 Å². The number of carbonyl (C=O) groups is 2. The number of hydrogen-bond acceptors (Lipinski definition) is 4. The first-order chi connectivity index (χ1) is 14.1. The van der Waals surface area contributed by atoms with Crippen LogP contribution < -0.4 is 0 Å². The minimum absolute atomic E-state index is 0.0666. The van der Waals surface area contributed by atoms with Crippen molar-refractivity contribution >= 4 is 17.8 Å². The standard InChI is InChI=1S/C25H27NO3/c1-3-5-8-17(4-2)16-29-25(28)23(15-26)20-12-11-19-13-18-9-6-7-10-21(18)24(27)22(19)14-20/h6-7,9-14,17,20,23H,3-5,8,16H2,1-2H3. The van der Waals surface area contributed by atoms with Crippen molar-refractivity contribution in [1.29, 1.82) is 5.26 Å². The molecule has 2 aliphatic carbocycles. The van der Waals surface area contributed by atoms with Gasteiger partial charge in [0.2, 0.25) is 0 Å². The second kappa shape index (κ2) is 9.52. The predicted molar refractivity (Wildman–Crippen MR) is 113 cm³/mol. The number of rotatable bonds is 8. The molecule has 0 aliphatic heterocycles. The van der Waals surface area contributed by atoms with Crippen LogP contribution in [-0.4, -0.2) is 18.4 Å². The number of allylic oxidation sites excluding steroid dienone is 5. The molecule has 2 aliphatic rings. The van der Waals surface area contributed by atoms with Crippen molar-refractivity contribution in [3.05, 3.63) is 64.8 Å². The molecule has 1 aromatic carbocycles. The monoisotopic (exact) mass is 389 g/mol. The number of Topliss-reactive ketones (excluding diaryl/α,β-unsaturated/α-hetero) is 1. The minimum Gasteiger partial charge on any atom is -0.464 e. The average molecular weight is 389 g/mol. The van der Waals surface area contributed by atoms with Crippen molar-refractivity contribution in [1.82, 2.24) is 0 Å². The zero-order valence-electron chi connectivity index (χ0n) is 17.1. The van der Waals surface area contributed by atoms with Gasteiger partial charge in [-0.1, -0.05) is 75.6 Å². The van der Waals surface area contributed by atoms with Crippen LogP contribution in [0.3, 0.4) is 0 Å². The lowest BCUT2D eigenvalue weighted by Crippen LogP contribution is -2.27. The van der Waals surface area contributed by atoms with E-state index in [1.54, 1.807) is 12.1 Å². The highest BCUT2D eigenvalue weighted by Crippen LogP contribution is 2.35. The molecule has 0 radical (unpaired) electrons. The number of esters is 1. The molecule has 3 atom stereocenters. The number of hydrogen-bond donors (Lipinski definition) is 0. The van der Waals surface area contributed by atoms with Crippen LogP contribution in [0.2, 0.25) is 0 Å². The zero-order valence-corrected chi connectivity index (χ0v) is 17.1. The number of unbranched alkanes of at least 4 members (excludes halogenated alkanes) is 1. The molecule has 3 unspecified atom stereocenters. The van der Waals surface area contributed by atoms with Crippen LogP contribution in [0, 0.1) is 29.1 Å². The summed E-state index contributed by atoms with van der Waals surface area (Å²) < 4.78 is 5.49. The van der Waals surface area contributed by atoms with E-state index in [4.69, 9.17) is 4.74 Å². The number of ketones is 1. The number of fused-ring (bicyclic) bond motifs is 2. The Bertz CT molecular complexity index is 916. The van der Waals surface area contributed by atoms with Gasteiger partial charge in [0.15, 0.2) is 11.7 Å². The summed E-state index contributed by atoms with van der Waals surface area (Å²) in [6.07, 6.45) is 11.5. The molecular weight excluding hydrogens is 362 g/mol. The smallest absolute Gasteiger partial charge is 0.324 e. The summed E-state index contributed by atoms with van der Waals surface area (Å²) in [6.45, 7) is 4.57. The zero-order chi connectivity index (χ0) is 20.8. The summed E-state index contributed by atoms with van der Waals surface area (Å²) in [5, 5.41) is 9.62. The van der Waals surface area contributed by atoms with Gasteiger partial charge in [-0.2, -0.15) is 5.26 Å². The quantitative estimate of drug-likeness (QED) is 0.568. The fourth-order valence-electron chi connectivity index (χ4n) is 3.81. The lowest BCUT2D eigenvalue weighted by atomic mass is 9.79. The number of nitriles is 1. The third-order valence-corrected chi connectivity index (χ3v) is 5.71. The summed E-state index contributed by atoms with van der Waals surface area (Å²) in [6, 6.07) is 9.54. The van der Waals surface area contributed by atoms with Crippen molar-refractivity contribution in [3.8, 4) is 6.07 Å². The Hall–Kier alpha value is -2.93. The van der Waals surface area contributed by atoms with Crippen LogP contribution in [-0.2, 0) is 9.53 Å². The molecule has 0 saturated carbocycles. The predicted octanol–water partition coefficient (Wildman–Crippen LogP) is 5.28. The molecule has 0 bridgehead atoms. The Balaban J connectivity index is 1.73. The van der Waals surface area contributed by atoms with E-state index in [1.165, 1.54) is 0 Å². The molecule has 0 amide bonds. The van der Waals surface area contributed by atoms with Crippen molar-refractivity contribution in [2.45, 2.75) is 39.5 Å². The van der Waals surface area contributed by atoms with Crippen LogP contribution in [0.15, 0.2) is 53.6 Å². The topological polar surface area (TPSA) is 67.2 Å². The highest BCUT2D eigenvalue weighted by atomic mass is 16.5. The Morgan fingerprint density at radius 1 is 1.28 bits per heavy atom. The van der Waals surface area contributed by atoms with Gasteiger partial charge < -0.3 is 4.74 Å². The first-order valence-corrected chi connectivity index (χ1v) is 10.4. The second-order valence-electron chi connectivity index (χ2n) is 7.69. The van der Waals surface area contributed by atoms with Crippen LogP contribution in [0.1, 0.15) is 55.5 Å². The van der Waals surface area contributed by atoms with Crippen molar-refractivity contribution in [3.63, 3.8) is 0 Å². The molecule has 150 valence electrons. The third-order valence-electron chi connectivity index (χ3n) is 5.71. The van der Waals surface area contributed by atoms with Gasteiger partial charge in [-0.15, -0.1) is 0 Å².